The molecule has 11 heavy (non-hydrogen) atoms. The maximum Gasteiger partial charge on any atom is 0.0740 e. The summed E-state index contributed by atoms with van der Waals surface area (Å²) in [4.78, 5) is 0. The average Bonchev–Trinajstić information content (AvgIpc) is 2.86. The zero-order chi connectivity index (χ0) is 7.73. The number of ether oxygens (including phenoxy) is 1. The quantitative estimate of drug-likeness (QED) is 0.519. The Balaban J connectivity index is 1.99. The fourth-order valence-electron chi connectivity index (χ4n) is 1.87. The second kappa shape index (κ2) is 2.53. The number of terminal acetylenes is 1. The Kier molecular flexibility index (Phi) is 1.65. The van der Waals surface area contributed by atoms with Crippen molar-refractivity contribution in [1.29, 1.82) is 0 Å². The first-order valence-corrected chi connectivity index (χ1v) is 4.47. The zero-order valence-electron chi connectivity index (χ0n) is 6.81. The van der Waals surface area contributed by atoms with E-state index in [9.17, 15) is 0 Å². The molecule has 1 saturated heterocycles. The molecule has 0 aromatic rings. The molecule has 0 aromatic heterocycles. The second-order valence-electron chi connectivity index (χ2n) is 3.66. The topological polar surface area (TPSA) is 9.23 Å². The monoisotopic (exact) mass is 150 g/mol. The molecule has 0 radical (unpaired) electrons. The normalized spacial score (nSPS) is 34.3. The van der Waals surface area contributed by atoms with Crippen LogP contribution in [0, 0.1) is 17.8 Å². The SMILES string of the molecule is C#CC1(C2CCCCO2)CC1. The lowest BCUT2D eigenvalue weighted by Gasteiger charge is -2.27. The molecule has 1 aliphatic heterocycles. The maximum atomic E-state index is 5.65. The summed E-state index contributed by atoms with van der Waals surface area (Å²) in [7, 11) is 0. The predicted molar refractivity (Wildman–Crippen MR) is 44.1 cm³/mol. The predicted octanol–water partition coefficient (Wildman–Crippen LogP) is 1.97. The lowest BCUT2D eigenvalue weighted by molar-refractivity contribution is -0.0141. The Hall–Kier alpha value is -0.480. The van der Waals surface area contributed by atoms with Crippen molar-refractivity contribution >= 4 is 0 Å². The van der Waals surface area contributed by atoms with E-state index in [0.717, 1.165) is 6.61 Å². The molecule has 2 aliphatic rings. The van der Waals surface area contributed by atoms with Crippen LogP contribution >= 0.6 is 0 Å². The fraction of sp³-hybridized carbons (Fsp3) is 0.800. The highest BCUT2D eigenvalue weighted by atomic mass is 16.5. The van der Waals surface area contributed by atoms with Crippen LogP contribution in [-0.4, -0.2) is 12.7 Å². The molecule has 1 heterocycles. The first-order valence-electron chi connectivity index (χ1n) is 4.47. The van der Waals surface area contributed by atoms with Gasteiger partial charge in [0.1, 0.15) is 0 Å². The second-order valence-corrected chi connectivity index (χ2v) is 3.66. The molecular weight excluding hydrogens is 136 g/mol. The Labute approximate surface area is 68.1 Å². The van der Waals surface area contributed by atoms with E-state index in [1.54, 1.807) is 0 Å². The zero-order valence-corrected chi connectivity index (χ0v) is 6.81. The van der Waals surface area contributed by atoms with E-state index in [1.807, 2.05) is 0 Å². The molecule has 1 unspecified atom stereocenters. The first-order chi connectivity index (χ1) is 5.37. The molecule has 0 bridgehead atoms. The van der Waals surface area contributed by atoms with Crippen molar-refractivity contribution in [3.63, 3.8) is 0 Å². The van der Waals surface area contributed by atoms with Crippen LogP contribution in [0.15, 0.2) is 0 Å². The minimum absolute atomic E-state index is 0.167. The molecule has 0 aromatic carbocycles. The van der Waals surface area contributed by atoms with E-state index in [-0.39, 0.29) is 5.41 Å². The van der Waals surface area contributed by atoms with Gasteiger partial charge in [-0.25, -0.2) is 0 Å². The summed E-state index contributed by atoms with van der Waals surface area (Å²) >= 11 is 0. The smallest absolute Gasteiger partial charge is 0.0740 e. The van der Waals surface area contributed by atoms with E-state index >= 15 is 0 Å². The molecule has 1 saturated carbocycles. The first kappa shape index (κ1) is 7.18. The van der Waals surface area contributed by atoms with Crippen LogP contribution in [-0.2, 0) is 4.74 Å². The van der Waals surface area contributed by atoms with Crippen molar-refractivity contribution in [2.75, 3.05) is 6.61 Å². The van der Waals surface area contributed by atoms with Gasteiger partial charge in [-0.3, -0.25) is 0 Å². The van der Waals surface area contributed by atoms with Crippen LogP contribution in [0.25, 0.3) is 0 Å². The van der Waals surface area contributed by atoms with Crippen LogP contribution in [0.1, 0.15) is 32.1 Å². The van der Waals surface area contributed by atoms with Gasteiger partial charge in [0.25, 0.3) is 0 Å². The standard InChI is InChI=1S/C10H14O/c1-2-10(6-7-10)9-5-3-4-8-11-9/h1,9H,3-8H2. The Morgan fingerprint density at radius 1 is 1.36 bits per heavy atom. The highest BCUT2D eigenvalue weighted by molar-refractivity contribution is 5.18. The van der Waals surface area contributed by atoms with E-state index in [1.165, 1.54) is 32.1 Å². The average molecular weight is 150 g/mol. The summed E-state index contributed by atoms with van der Waals surface area (Å²) in [6, 6.07) is 0. The highest BCUT2D eigenvalue weighted by Crippen LogP contribution is 2.51. The molecule has 60 valence electrons. The van der Waals surface area contributed by atoms with Crippen molar-refractivity contribution in [2.45, 2.75) is 38.2 Å². The molecule has 1 atom stereocenters. The Morgan fingerprint density at radius 2 is 2.18 bits per heavy atom. The van der Waals surface area contributed by atoms with Gasteiger partial charge in [-0.15, -0.1) is 6.42 Å². The van der Waals surface area contributed by atoms with Gasteiger partial charge in [0.05, 0.1) is 11.5 Å². The van der Waals surface area contributed by atoms with Gasteiger partial charge in [0, 0.05) is 6.61 Å². The molecule has 1 aliphatic carbocycles. The van der Waals surface area contributed by atoms with Crippen molar-refractivity contribution in [1.82, 2.24) is 0 Å². The minimum Gasteiger partial charge on any atom is -0.377 e. The molecule has 1 heteroatoms. The van der Waals surface area contributed by atoms with Crippen LogP contribution < -0.4 is 0 Å². The van der Waals surface area contributed by atoms with Gasteiger partial charge in [-0.05, 0) is 32.1 Å². The van der Waals surface area contributed by atoms with Gasteiger partial charge in [-0.1, -0.05) is 5.92 Å². The summed E-state index contributed by atoms with van der Waals surface area (Å²) in [5.74, 6) is 2.90. The van der Waals surface area contributed by atoms with E-state index < -0.39 is 0 Å². The molecule has 0 spiro atoms. The third-order valence-electron chi connectivity index (χ3n) is 2.87. The van der Waals surface area contributed by atoms with Crippen molar-refractivity contribution in [2.24, 2.45) is 5.41 Å². The number of rotatable bonds is 1. The minimum atomic E-state index is 0.167. The van der Waals surface area contributed by atoms with Gasteiger partial charge in [0.15, 0.2) is 0 Å². The summed E-state index contributed by atoms with van der Waals surface area (Å²) < 4.78 is 5.65. The lowest BCUT2D eigenvalue weighted by Crippen LogP contribution is -2.28. The lowest BCUT2D eigenvalue weighted by atomic mass is 9.94. The molecule has 2 fully saturated rings. The Bertz CT molecular complexity index is 180. The van der Waals surface area contributed by atoms with Crippen LogP contribution in [0.5, 0.6) is 0 Å². The van der Waals surface area contributed by atoms with Gasteiger partial charge >= 0.3 is 0 Å². The summed E-state index contributed by atoms with van der Waals surface area (Å²) in [5, 5.41) is 0. The molecule has 1 nitrogen and oxygen atoms in total. The largest absolute Gasteiger partial charge is 0.377 e. The van der Waals surface area contributed by atoms with Crippen LogP contribution in [0.2, 0.25) is 0 Å². The molecule has 0 N–H and O–H groups in total. The number of hydrogen-bond donors (Lipinski definition) is 0. The third kappa shape index (κ3) is 1.16. The highest BCUT2D eigenvalue weighted by Gasteiger charge is 2.48. The molecule has 0 amide bonds. The van der Waals surface area contributed by atoms with E-state index in [0.29, 0.717) is 6.10 Å². The third-order valence-corrected chi connectivity index (χ3v) is 2.87. The fourth-order valence-corrected chi connectivity index (χ4v) is 1.87. The van der Waals surface area contributed by atoms with Crippen LogP contribution in [0.3, 0.4) is 0 Å². The van der Waals surface area contributed by atoms with Crippen molar-refractivity contribution in [3.8, 4) is 12.3 Å². The molecule has 2 rings (SSSR count). The maximum absolute atomic E-state index is 5.65. The van der Waals surface area contributed by atoms with Crippen LogP contribution in [0.4, 0.5) is 0 Å². The molecular formula is C10H14O. The van der Waals surface area contributed by atoms with Crippen molar-refractivity contribution in [3.05, 3.63) is 0 Å². The number of hydrogen-bond acceptors (Lipinski definition) is 1. The Morgan fingerprint density at radius 3 is 2.64 bits per heavy atom. The van der Waals surface area contributed by atoms with Crippen molar-refractivity contribution < 1.29 is 4.74 Å². The summed E-state index contributed by atoms with van der Waals surface area (Å²) in [6.07, 6.45) is 11.9. The van der Waals surface area contributed by atoms with Gasteiger partial charge in [0.2, 0.25) is 0 Å². The summed E-state index contributed by atoms with van der Waals surface area (Å²) in [5.41, 5.74) is 0.167. The van der Waals surface area contributed by atoms with E-state index in [4.69, 9.17) is 11.2 Å². The van der Waals surface area contributed by atoms with Gasteiger partial charge < -0.3 is 4.74 Å². The van der Waals surface area contributed by atoms with E-state index in [2.05, 4.69) is 5.92 Å². The van der Waals surface area contributed by atoms with Gasteiger partial charge in [-0.2, -0.15) is 0 Å². The summed E-state index contributed by atoms with van der Waals surface area (Å²) in [6.45, 7) is 0.925.